The van der Waals surface area contributed by atoms with Gasteiger partial charge in [0.25, 0.3) is 0 Å². The van der Waals surface area contributed by atoms with Gasteiger partial charge in [0.2, 0.25) is 5.92 Å². The van der Waals surface area contributed by atoms with Crippen molar-refractivity contribution in [1.29, 1.82) is 0 Å². The molecule has 1 aliphatic carbocycles. The molecule has 0 amide bonds. The summed E-state index contributed by atoms with van der Waals surface area (Å²) in [6.07, 6.45) is 1.95. The van der Waals surface area contributed by atoms with Crippen LogP contribution in [0.4, 0.5) is 8.78 Å². The number of fused-ring (bicyclic) bond motifs is 2. The molecule has 0 saturated heterocycles. The van der Waals surface area contributed by atoms with Gasteiger partial charge in [-0.1, -0.05) is 6.07 Å². The van der Waals surface area contributed by atoms with Crippen molar-refractivity contribution in [2.75, 3.05) is 0 Å². The summed E-state index contributed by atoms with van der Waals surface area (Å²) in [5.41, 5.74) is 3.35. The molecule has 7 heteroatoms. The summed E-state index contributed by atoms with van der Waals surface area (Å²) in [5, 5.41) is 11.3. The van der Waals surface area contributed by atoms with Gasteiger partial charge in [-0.05, 0) is 30.3 Å². The van der Waals surface area contributed by atoms with Gasteiger partial charge in [-0.2, -0.15) is 0 Å². The summed E-state index contributed by atoms with van der Waals surface area (Å²) >= 11 is 1.36. The fourth-order valence-electron chi connectivity index (χ4n) is 3.53. The highest BCUT2D eigenvalue weighted by atomic mass is 32.1. The molecule has 1 aromatic carbocycles. The smallest absolute Gasteiger partial charge is 0.248 e. The van der Waals surface area contributed by atoms with Crippen molar-refractivity contribution in [2.45, 2.75) is 24.9 Å². The molecule has 4 aromatic rings. The lowest BCUT2D eigenvalue weighted by Crippen LogP contribution is -2.38. The summed E-state index contributed by atoms with van der Waals surface area (Å²) in [5.74, 6) is -3.02. The maximum absolute atomic E-state index is 13.1. The van der Waals surface area contributed by atoms with E-state index in [4.69, 9.17) is 4.98 Å². The van der Waals surface area contributed by atoms with Gasteiger partial charge in [0.1, 0.15) is 4.83 Å². The number of rotatable bonds is 3. The highest BCUT2D eigenvalue weighted by Gasteiger charge is 2.48. The summed E-state index contributed by atoms with van der Waals surface area (Å²) in [7, 11) is 0. The van der Waals surface area contributed by atoms with Crippen molar-refractivity contribution in [3.63, 3.8) is 0 Å². The number of alkyl halides is 2. The third-order valence-electron chi connectivity index (χ3n) is 5.03. The van der Waals surface area contributed by atoms with Crippen molar-refractivity contribution >= 4 is 32.6 Å². The van der Waals surface area contributed by atoms with Gasteiger partial charge in [0.05, 0.1) is 22.8 Å². The Morgan fingerprint density at radius 2 is 1.81 bits per heavy atom. The van der Waals surface area contributed by atoms with Crippen LogP contribution in [0.5, 0.6) is 0 Å². The molecule has 5 rings (SSSR count). The van der Waals surface area contributed by atoms with Crippen molar-refractivity contribution in [1.82, 2.24) is 15.0 Å². The first-order valence-electron chi connectivity index (χ1n) is 8.66. The van der Waals surface area contributed by atoms with E-state index in [2.05, 4.69) is 9.97 Å². The molecule has 1 N–H and O–H groups in total. The molecule has 4 nitrogen and oxygen atoms in total. The number of benzene rings is 1. The van der Waals surface area contributed by atoms with Crippen molar-refractivity contribution < 1.29 is 13.9 Å². The standard InChI is InChI=1S/C20H15F2N3OS/c21-20(22)9-13(10-20)18(26)17-8-12-2-3-14(25-19(12)27-17)11-1-4-15-16(7-11)24-6-5-23-15/h1-8,13,18,26H,9-10H2. The number of aliphatic hydroxyl groups excluding tert-OH is 1. The van der Waals surface area contributed by atoms with Crippen LogP contribution >= 0.6 is 11.3 Å². The Kier molecular flexibility index (Phi) is 3.70. The summed E-state index contributed by atoms with van der Waals surface area (Å²) in [6, 6.07) is 11.5. The first-order chi connectivity index (χ1) is 13.0. The fourth-order valence-corrected chi connectivity index (χ4v) is 4.64. The Morgan fingerprint density at radius 1 is 1.04 bits per heavy atom. The predicted octanol–water partition coefficient (Wildman–Crippen LogP) is 4.99. The molecule has 1 aliphatic rings. The Morgan fingerprint density at radius 3 is 2.59 bits per heavy atom. The number of pyridine rings is 1. The minimum Gasteiger partial charge on any atom is -0.387 e. The van der Waals surface area contributed by atoms with Gasteiger partial charge in [-0.25, -0.2) is 13.8 Å². The maximum Gasteiger partial charge on any atom is 0.248 e. The molecule has 1 atom stereocenters. The molecule has 0 aliphatic heterocycles. The van der Waals surface area contributed by atoms with Gasteiger partial charge >= 0.3 is 0 Å². The first kappa shape index (κ1) is 16.6. The zero-order valence-electron chi connectivity index (χ0n) is 14.1. The minimum absolute atomic E-state index is 0.251. The van der Waals surface area contributed by atoms with Crippen LogP contribution in [-0.2, 0) is 0 Å². The SMILES string of the molecule is OC(c1cc2ccc(-c3ccc4nccnc4c3)nc2s1)C1CC(F)(F)C1. The van der Waals surface area contributed by atoms with Crippen molar-refractivity contribution in [3.8, 4) is 11.3 Å². The van der Waals surface area contributed by atoms with Crippen LogP contribution in [-0.4, -0.2) is 26.0 Å². The quantitative estimate of drug-likeness (QED) is 0.542. The van der Waals surface area contributed by atoms with E-state index in [0.29, 0.717) is 4.88 Å². The monoisotopic (exact) mass is 383 g/mol. The molecule has 0 bridgehead atoms. The number of hydrogen-bond acceptors (Lipinski definition) is 5. The molecule has 0 radical (unpaired) electrons. The van der Waals surface area contributed by atoms with Crippen LogP contribution in [0.1, 0.15) is 23.8 Å². The second-order valence-corrected chi connectivity index (χ2v) is 8.03. The molecule has 136 valence electrons. The number of thiophene rings is 1. The van der Waals surface area contributed by atoms with Gasteiger partial charge in [-0.15, -0.1) is 11.3 Å². The zero-order chi connectivity index (χ0) is 18.6. The molecular formula is C20H15F2N3OS. The highest BCUT2D eigenvalue weighted by Crippen LogP contribution is 2.49. The third-order valence-corrected chi connectivity index (χ3v) is 6.14. The van der Waals surface area contributed by atoms with E-state index in [1.807, 2.05) is 36.4 Å². The predicted molar refractivity (Wildman–Crippen MR) is 101 cm³/mol. The number of halogens is 2. The van der Waals surface area contributed by atoms with E-state index < -0.39 is 12.0 Å². The highest BCUT2D eigenvalue weighted by molar-refractivity contribution is 7.18. The summed E-state index contributed by atoms with van der Waals surface area (Å²) in [4.78, 5) is 14.8. The number of aromatic nitrogens is 3. The number of aliphatic hydroxyl groups is 1. The van der Waals surface area contributed by atoms with E-state index in [-0.39, 0.29) is 18.8 Å². The van der Waals surface area contributed by atoms with E-state index in [9.17, 15) is 13.9 Å². The van der Waals surface area contributed by atoms with Crippen LogP contribution < -0.4 is 0 Å². The van der Waals surface area contributed by atoms with E-state index in [1.54, 1.807) is 12.4 Å². The minimum atomic E-state index is -2.63. The van der Waals surface area contributed by atoms with Gasteiger partial charge < -0.3 is 5.11 Å². The fraction of sp³-hybridized carbons (Fsp3) is 0.250. The lowest BCUT2D eigenvalue weighted by Gasteiger charge is -2.37. The van der Waals surface area contributed by atoms with Gasteiger partial charge in [0, 0.05) is 47.0 Å². The van der Waals surface area contributed by atoms with E-state index in [0.717, 1.165) is 32.5 Å². The Labute approximate surface area is 157 Å². The Balaban J connectivity index is 1.48. The van der Waals surface area contributed by atoms with Crippen LogP contribution in [0, 0.1) is 5.92 Å². The molecule has 3 aromatic heterocycles. The molecule has 1 unspecified atom stereocenters. The lowest BCUT2D eigenvalue weighted by molar-refractivity contribution is -0.141. The van der Waals surface area contributed by atoms with E-state index in [1.165, 1.54) is 11.3 Å². The van der Waals surface area contributed by atoms with Gasteiger partial charge in [-0.3, -0.25) is 9.97 Å². The second kappa shape index (κ2) is 6.00. The van der Waals surface area contributed by atoms with E-state index >= 15 is 0 Å². The lowest BCUT2D eigenvalue weighted by atomic mass is 9.77. The molecule has 27 heavy (non-hydrogen) atoms. The van der Waals surface area contributed by atoms with Crippen LogP contribution in [0.15, 0.2) is 48.8 Å². The molecule has 1 fully saturated rings. The second-order valence-electron chi connectivity index (χ2n) is 6.97. The summed E-state index contributed by atoms with van der Waals surface area (Å²) in [6.45, 7) is 0. The largest absolute Gasteiger partial charge is 0.387 e. The number of hydrogen-bond donors (Lipinski definition) is 1. The molecule has 1 saturated carbocycles. The van der Waals surface area contributed by atoms with Crippen LogP contribution in [0.2, 0.25) is 0 Å². The zero-order valence-corrected chi connectivity index (χ0v) is 15.0. The van der Waals surface area contributed by atoms with Crippen LogP contribution in [0.3, 0.4) is 0 Å². The topological polar surface area (TPSA) is 58.9 Å². The summed E-state index contributed by atoms with van der Waals surface area (Å²) < 4.78 is 26.2. The van der Waals surface area contributed by atoms with Gasteiger partial charge in [0.15, 0.2) is 0 Å². The van der Waals surface area contributed by atoms with Crippen molar-refractivity contribution in [3.05, 3.63) is 53.7 Å². The maximum atomic E-state index is 13.1. The average Bonchev–Trinajstić information content (AvgIpc) is 3.08. The Bertz CT molecular complexity index is 1150. The molecule has 3 heterocycles. The third kappa shape index (κ3) is 2.96. The Hall–Kier alpha value is -2.51. The van der Waals surface area contributed by atoms with Crippen LogP contribution in [0.25, 0.3) is 32.5 Å². The first-order valence-corrected chi connectivity index (χ1v) is 9.48. The molecular weight excluding hydrogens is 368 g/mol. The molecule has 0 spiro atoms. The number of nitrogens with zero attached hydrogens (tertiary/aromatic N) is 3. The normalized spacial score (nSPS) is 17.9. The average molecular weight is 383 g/mol. The van der Waals surface area contributed by atoms with Crippen molar-refractivity contribution in [2.24, 2.45) is 5.92 Å².